The van der Waals surface area contributed by atoms with Crippen LogP contribution in [0.3, 0.4) is 0 Å². The molecule has 1 saturated heterocycles. The number of nitrogens with one attached hydrogen (secondary N) is 1. The second kappa shape index (κ2) is 5.95. The second-order valence-corrected chi connectivity index (χ2v) is 5.06. The Morgan fingerprint density at radius 2 is 2.17 bits per heavy atom. The molecule has 3 N–H and O–H groups in total. The van der Waals surface area contributed by atoms with E-state index < -0.39 is 18.2 Å². The number of anilines is 1. The van der Waals surface area contributed by atoms with E-state index in [4.69, 9.17) is 15.0 Å². The number of amides is 3. The number of ether oxygens (including phenoxy) is 1. The number of carbonyl (C=O) groups excluding carboxylic acids is 2. The summed E-state index contributed by atoms with van der Waals surface area (Å²) in [4.78, 5) is 28.2. The minimum Gasteiger partial charge on any atom is -0.442 e. The zero-order valence-corrected chi connectivity index (χ0v) is 12.4. The number of benzene rings is 1. The van der Waals surface area contributed by atoms with E-state index in [1.54, 1.807) is 31.2 Å². The highest BCUT2D eigenvalue weighted by Gasteiger charge is 2.32. The maximum Gasteiger partial charge on any atom is 0.414 e. The number of aromatic nitrogens is 2. The standard InChI is InChI=1S/C14H15N5O4/c1-8-17-12(23-18-8)9-2-4-10(5-3-9)19-7-11(22-14(19)21)6-16-13(15)20/h2-5,11H,6-7H2,1H3,(H3,15,16,20). The first-order chi connectivity index (χ1) is 11.0. The van der Waals surface area contributed by atoms with E-state index in [-0.39, 0.29) is 6.54 Å². The van der Waals surface area contributed by atoms with Gasteiger partial charge in [-0.1, -0.05) is 5.16 Å². The maximum absolute atomic E-state index is 11.9. The molecule has 9 nitrogen and oxygen atoms in total. The number of nitrogens with zero attached hydrogens (tertiary/aromatic N) is 3. The summed E-state index contributed by atoms with van der Waals surface area (Å²) in [5.41, 5.74) is 6.44. The van der Waals surface area contributed by atoms with Gasteiger partial charge in [0.25, 0.3) is 5.89 Å². The summed E-state index contributed by atoms with van der Waals surface area (Å²) < 4.78 is 10.3. The SMILES string of the molecule is Cc1noc(-c2ccc(N3CC(CNC(N)=O)OC3=O)cc2)n1. The zero-order valence-electron chi connectivity index (χ0n) is 12.4. The van der Waals surface area contributed by atoms with E-state index in [2.05, 4.69) is 15.5 Å². The van der Waals surface area contributed by atoms with Crippen molar-refractivity contribution in [3.8, 4) is 11.5 Å². The lowest BCUT2D eigenvalue weighted by Gasteiger charge is -2.13. The van der Waals surface area contributed by atoms with Crippen LogP contribution in [0.15, 0.2) is 28.8 Å². The predicted octanol–water partition coefficient (Wildman–Crippen LogP) is 1.04. The van der Waals surface area contributed by atoms with Crippen molar-refractivity contribution in [1.29, 1.82) is 0 Å². The Hall–Kier alpha value is -3.10. The number of nitrogens with two attached hydrogens (primary N) is 1. The Kier molecular flexibility index (Phi) is 3.83. The molecule has 1 aliphatic rings. The lowest BCUT2D eigenvalue weighted by Crippen LogP contribution is -2.37. The van der Waals surface area contributed by atoms with Crippen LogP contribution in [0.25, 0.3) is 11.5 Å². The molecule has 3 rings (SSSR count). The van der Waals surface area contributed by atoms with E-state index >= 15 is 0 Å². The Bertz CT molecular complexity index is 727. The maximum atomic E-state index is 11.9. The third kappa shape index (κ3) is 3.23. The highest BCUT2D eigenvalue weighted by Crippen LogP contribution is 2.25. The number of carbonyl (C=O) groups is 2. The highest BCUT2D eigenvalue weighted by molar-refractivity contribution is 5.90. The van der Waals surface area contributed by atoms with E-state index in [0.29, 0.717) is 23.9 Å². The largest absolute Gasteiger partial charge is 0.442 e. The van der Waals surface area contributed by atoms with Crippen LogP contribution in [0, 0.1) is 6.92 Å². The molecule has 0 saturated carbocycles. The van der Waals surface area contributed by atoms with E-state index in [0.717, 1.165) is 5.56 Å². The molecule has 23 heavy (non-hydrogen) atoms. The Morgan fingerprint density at radius 1 is 1.43 bits per heavy atom. The van der Waals surface area contributed by atoms with Crippen LogP contribution < -0.4 is 16.0 Å². The van der Waals surface area contributed by atoms with E-state index in [1.165, 1.54) is 4.90 Å². The molecule has 120 valence electrons. The molecule has 0 bridgehead atoms. The molecule has 0 spiro atoms. The zero-order chi connectivity index (χ0) is 16.4. The molecule has 2 aromatic rings. The third-order valence-corrected chi connectivity index (χ3v) is 3.33. The van der Waals surface area contributed by atoms with Crippen LogP contribution >= 0.6 is 0 Å². The summed E-state index contributed by atoms with van der Waals surface area (Å²) in [6.07, 6.45) is -0.907. The Labute approximate surface area is 131 Å². The van der Waals surface area contributed by atoms with Crippen LogP contribution in [0.2, 0.25) is 0 Å². The van der Waals surface area contributed by atoms with Gasteiger partial charge >= 0.3 is 12.1 Å². The summed E-state index contributed by atoms with van der Waals surface area (Å²) in [7, 11) is 0. The van der Waals surface area contributed by atoms with Gasteiger partial charge in [-0.3, -0.25) is 4.90 Å². The highest BCUT2D eigenvalue weighted by atomic mass is 16.6. The van der Waals surface area contributed by atoms with Gasteiger partial charge in [0.1, 0.15) is 6.10 Å². The normalized spacial score (nSPS) is 17.2. The van der Waals surface area contributed by atoms with Crippen molar-refractivity contribution < 1.29 is 18.8 Å². The molecule has 1 atom stereocenters. The minimum atomic E-state index is -0.654. The van der Waals surface area contributed by atoms with Crippen LogP contribution in [-0.4, -0.2) is 41.5 Å². The molecule has 1 aromatic carbocycles. The van der Waals surface area contributed by atoms with Crippen LogP contribution in [0.5, 0.6) is 0 Å². The van der Waals surface area contributed by atoms with Crippen molar-refractivity contribution >= 4 is 17.8 Å². The first kappa shape index (κ1) is 14.8. The van der Waals surface area contributed by atoms with Crippen molar-refractivity contribution in [2.75, 3.05) is 18.0 Å². The second-order valence-electron chi connectivity index (χ2n) is 5.06. The fraction of sp³-hybridized carbons (Fsp3) is 0.286. The van der Waals surface area contributed by atoms with Crippen molar-refractivity contribution in [1.82, 2.24) is 15.5 Å². The number of hydrogen-bond donors (Lipinski definition) is 2. The van der Waals surface area contributed by atoms with E-state index in [1.807, 2.05) is 0 Å². The molecule has 1 aliphatic heterocycles. The molecular formula is C14H15N5O4. The number of aryl methyl sites for hydroxylation is 1. The van der Waals surface area contributed by atoms with Gasteiger partial charge in [-0.25, -0.2) is 9.59 Å². The van der Waals surface area contributed by atoms with Crippen molar-refractivity contribution in [3.63, 3.8) is 0 Å². The van der Waals surface area contributed by atoms with Crippen LogP contribution in [0.4, 0.5) is 15.3 Å². The third-order valence-electron chi connectivity index (χ3n) is 3.33. The first-order valence-corrected chi connectivity index (χ1v) is 6.95. The summed E-state index contributed by atoms with van der Waals surface area (Å²) in [6, 6.07) is 6.44. The summed E-state index contributed by atoms with van der Waals surface area (Å²) in [6.45, 7) is 2.25. The molecular weight excluding hydrogens is 302 g/mol. The number of cyclic esters (lactones) is 1. The topological polar surface area (TPSA) is 124 Å². The molecule has 0 aliphatic carbocycles. The molecule has 3 amide bonds. The van der Waals surface area contributed by atoms with Crippen molar-refractivity contribution in [3.05, 3.63) is 30.1 Å². The predicted molar refractivity (Wildman–Crippen MR) is 79.7 cm³/mol. The summed E-state index contributed by atoms with van der Waals surface area (Å²) >= 11 is 0. The van der Waals surface area contributed by atoms with Gasteiger partial charge in [-0.15, -0.1) is 0 Å². The summed E-state index contributed by atoms with van der Waals surface area (Å²) in [5, 5.41) is 6.15. The van der Waals surface area contributed by atoms with Crippen molar-refractivity contribution in [2.24, 2.45) is 5.73 Å². The number of primary amides is 1. The average molecular weight is 317 g/mol. The van der Waals surface area contributed by atoms with Gasteiger partial charge in [0.2, 0.25) is 0 Å². The average Bonchev–Trinajstić information content (AvgIpc) is 3.11. The molecule has 1 unspecified atom stereocenters. The quantitative estimate of drug-likeness (QED) is 0.868. The lowest BCUT2D eigenvalue weighted by molar-refractivity contribution is 0.141. The monoisotopic (exact) mass is 317 g/mol. The van der Waals surface area contributed by atoms with Gasteiger partial charge in [-0.05, 0) is 31.2 Å². The smallest absolute Gasteiger partial charge is 0.414 e. The van der Waals surface area contributed by atoms with Gasteiger partial charge in [-0.2, -0.15) is 4.98 Å². The summed E-state index contributed by atoms with van der Waals surface area (Å²) in [5.74, 6) is 0.971. The van der Waals surface area contributed by atoms with Gasteiger partial charge in [0.15, 0.2) is 5.82 Å². The molecule has 2 heterocycles. The van der Waals surface area contributed by atoms with Crippen LogP contribution in [0.1, 0.15) is 5.82 Å². The van der Waals surface area contributed by atoms with Crippen LogP contribution in [-0.2, 0) is 4.74 Å². The fourth-order valence-electron chi connectivity index (χ4n) is 2.25. The number of urea groups is 1. The molecule has 1 aromatic heterocycles. The fourth-order valence-corrected chi connectivity index (χ4v) is 2.25. The Balaban J connectivity index is 1.69. The molecule has 9 heteroatoms. The van der Waals surface area contributed by atoms with Crippen molar-refractivity contribution in [2.45, 2.75) is 13.0 Å². The Morgan fingerprint density at radius 3 is 2.78 bits per heavy atom. The molecule has 1 fully saturated rings. The van der Waals surface area contributed by atoms with Gasteiger partial charge < -0.3 is 20.3 Å². The first-order valence-electron chi connectivity index (χ1n) is 6.95. The number of rotatable bonds is 4. The molecule has 0 radical (unpaired) electrons. The lowest BCUT2D eigenvalue weighted by atomic mass is 10.2. The minimum absolute atomic E-state index is 0.177. The van der Waals surface area contributed by atoms with E-state index in [9.17, 15) is 9.59 Å². The van der Waals surface area contributed by atoms with Gasteiger partial charge in [0.05, 0.1) is 13.1 Å². The number of hydrogen-bond acceptors (Lipinski definition) is 6. The van der Waals surface area contributed by atoms with Gasteiger partial charge in [0, 0.05) is 11.3 Å².